The van der Waals surface area contributed by atoms with Crippen LogP contribution in [0.15, 0.2) is 65.8 Å². The maximum absolute atomic E-state index is 6.37. The van der Waals surface area contributed by atoms with Crippen LogP contribution < -0.4 is 0 Å². The van der Waals surface area contributed by atoms with Crippen LogP contribution in [-0.4, -0.2) is 19.1 Å². The van der Waals surface area contributed by atoms with Crippen LogP contribution in [0.1, 0.15) is 17.2 Å². The zero-order valence-electron chi connectivity index (χ0n) is 13.6. The number of alkyl halides is 2. The number of rotatable bonds is 5. The molecule has 1 aromatic heterocycles. The summed E-state index contributed by atoms with van der Waals surface area (Å²) in [4.78, 5) is 0. The normalized spacial score (nSPS) is 19.6. The van der Waals surface area contributed by atoms with Crippen molar-refractivity contribution in [3.05, 3.63) is 66.2 Å². The molecule has 4 rings (SSSR count). The van der Waals surface area contributed by atoms with Crippen LogP contribution in [0.3, 0.4) is 0 Å². The Morgan fingerprint density at radius 2 is 1.64 bits per heavy atom. The van der Waals surface area contributed by atoms with E-state index in [4.69, 9.17) is 23.2 Å². The molecular weight excluding hydrogens is 373 g/mol. The Kier molecular flexibility index (Phi) is 4.52. The van der Waals surface area contributed by atoms with E-state index in [1.165, 1.54) is 5.56 Å². The highest BCUT2D eigenvalue weighted by atomic mass is 35.5. The summed E-state index contributed by atoms with van der Waals surface area (Å²) in [6.07, 6.45) is 0.798. The Bertz CT molecular complexity index is 865. The van der Waals surface area contributed by atoms with Crippen LogP contribution in [0.2, 0.25) is 0 Å². The fraction of sp³-hybridized carbons (Fsp3) is 0.263. The molecule has 0 spiro atoms. The lowest BCUT2D eigenvalue weighted by atomic mass is 10.1. The fourth-order valence-corrected chi connectivity index (χ4v) is 5.04. The molecular formula is C19H17Cl2N3S. The lowest BCUT2D eigenvalue weighted by molar-refractivity contribution is 0.759. The van der Waals surface area contributed by atoms with Crippen molar-refractivity contribution >= 4 is 35.0 Å². The van der Waals surface area contributed by atoms with Crippen molar-refractivity contribution in [1.82, 2.24) is 14.8 Å². The molecule has 0 N–H and O–H groups in total. The summed E-state index contributed by atoms with van der Waals surface area (Å²) in [6, 6.07) is 20.4. The zero-order chi connectivity index (χ0) is 17.4. The van der Waals surface area contributed by atoms with Crippen LogP contribution in [0.5, 0.6) is 0 Å². The Labute approximate surface area is 161 Å². The summed E-state index contributed by atoms with van der Waals surface area (Å²) >= 11 is 14.4. The van der Waals surface area contributed by atoms with Crippen LogP contribution in [-0.2, 0) is 7.05 Å². The molecule has 3 aromatic rings. The molecule has 25 heavy (non-hydrogen) atoms. The largest absolute Gasteiger partial charge is 0.305 e. The zero-order valence-corrected chi connectivity index (χ0v) is 16.0. The van der Waals surface area contributed by atoms with Gasteiger partial charge in [0, 0.05) is 23.8 Å². The van der Waals surface area contributed by atoms with Gasteiger partial charge in [-0.1, -0.05) is 72.4 Å². The molecule has 1 saturated carbocycles. The van der Waals surface area contributed by atoms with Crippen molar-refractivity contribution < 1.29 is 0 Å². The maximum atomic E-state index is 6.37. The molecule has 3 nitrogen and oxygen atoms in total. The molecule has 1 fully saturated rings. The predicted molar refractivity (Wildman–Crippen MR) is 104 cm³/mol. The summed E-state index contributed by atoms with van der Waals surface area (Å²) in [5.74, 6) is 1.06. The smallest absolute Gasteiger partial charge is 0.191 e. The molecule has 0 bridgehead atoms. The molecule has 0 saturated heterocycles. The summed E-state index contributed by atoms with van der Waals surface area (Å²) in [5.41, 5.74) is 2.26. The monoisotopic (exact) mass is 389 g/mol. The van der Waals surface area contributed by atoms with Gasteiger partial charge < -0.3 is 4.57 Å². The van der Waals surface area contributed by atoms with Crippen LogP contribution in [0.4, 0.5) is 0 Å². The minimum atomic E-state index is -0.644. The van der Waals surface area contributed by atoms with Gasteiger partial charge >= 0.3 is 0 Å². The van der Waals surface area contributed by atoms with Gasteiger partial charge in [-0.25, -0.2) is 0 Å². The van der Waals surface area contributed by atoms with Crippen LogP contribution in [0.25, 0.3) is 11.4 Å². The number of hydrogen-bond donors (Lipinski definition) is 0. The highest BCUT2D eigenvalue weighted by molar-refractivity contribution is 7.99. The molecule has 1 heterocycles. The molecule has 2 aromatic carbocycles. The van der Waals surface area contributed by atoms with Gasteiger partial charge in [-0.2, -0.15) is 0 Å². The van der Waals surface area contributed by atoms with Crippen molar-refractivity contribution in [2.75, 3.05) is 0 Å². The first-order valence-electron chi connectivity index (χ1n) is 8.10. The van der Waals surface area contributed by atoms with Crippen LogP contribution in [0, 0.1) is 5.92 Å². The average Bonchev–Trinajstić information content (AvgIpc) is 3.11. The van der Waals surface area contributed by atoms with Crippen molar-refractivity contribution in [1.29, 1.82) is 0 Å². The van der Waals surface area contributed by atoms with Crippen molar-refractivity contribution in [2.24, 2.45) is 13.0 Å². The quantitative estimate of drug-likeness (QED) is 0.425. The van der Waals surface area contributed by atoms with Gasteiger partial charge in [-0.05, 0) is 12.0 Å². The third-order valence-electron chi connectivity index (χ3n) is 4.47. The van der Waals surface area contributed by atoms with Gasteiger partial charge in [-0.3, -0.25) is 0 Å². The van der Waals surface area contributed by atoms with E-state index in [9.17, 15) is 0 Å². The molecule has 128 valence electrons. The van der Waals surface area contributed by atoms with Crippen LogP contribution >= 0.6 is 35.0 Å². The van der Waals surface area contributed by atoms with Crippen molar-refractivity contribution in [2.45, 2.75) is 21.2 Å². The van der Waals surface area contributed by atoms with Gasteiger partial charge in [-0.15, -0.1) is 33.4 Å². The Hall–Kier alpha value is -1.49. The van der Waals surface area contributed by atoms with Gasteiger partial charge in [0.05, 0.1) is 0 Å². The van der Waals surface area contributed by atoms with E-state index in [1.807, 2.05) is 60.1 Å². The summed E-state index contributed by atoms with van der Waals surface area (Å²) in [7, 11) is 1.99. The topological polar surface area (TPSA) is 30.7 Å². The minimum absolute atomic E-state index is 0.155. The lowest BCUT2D eigenvalue weighted by Gasteiger charge is -2.17. The summed E-state index contributed by atoms with van der Waals surface area (Å²) in [6.45, 7) is 0. The van der Waals surface area contributed by atoms with Gasteiger partial charge in [0.2, 0.25) is 0 Å². The highest BCUT2D eigenvalue weighted by Gasteiger charge is 2.56. The van der Waals surface area contributed by atoms with Gasteiger partial charge in [0.1, 0.15) is 4.33 Å². The van der Waals surface area contributed by atoms with E-state index >= 15 is 0 Å². The van der Waals surface area contributed by atoms with Crippen molar-refractivity contribution in [3.63, 3.8) is 0 Å². The first-order chi connectivity index (χ1) is 12.1. The van der Waals surface area contributed by atoms with E-state index in [0.29, 0.717) is 0 Å². The minimum Gasteiger partial charge on any atom is -0.305 e. The Morgan fingerprint density at radius 3 is 2.24 bits per heavy atom. The highest BCUT2D eigenvalue weighted by Crippen LogP contribution is 2.63. The molecule has 0 amide bonds. The number of hydrogen-bond acceptors (Lipinski definition) is 3. The Morgan fingerprint density at radius 1 is 1.04 bits per heavy atom. The van der Waals surface area contributed by atoms with Crippen molar-refractivity contribution in [3.8, 4) is 11.4 Å². The second kappa shape index (κ2) is 6.67. The molecule has 0 aliphatic heterocycles. The number of thioether (sulfide) groups is 1. The molecule has 2 atom stereocenters. The standard InChI is InChI=1S/C19H17Cl2N3S/c1-24-17(14-10-6-3-7-11-14)22-23-18(24)25-16(15-12-19(15,20)21)13-8-4-2-5-9-13/h2-11,15-16H,12H2,1H3. The number of benzene rings is 2. The molecule has 6 heteroatoms. The molecule has 2 unspecified atom stereocenters. The predicted octanol–water partition coefficient (Wildman–Crippen LogP) is 5.51. The summed E-state index contributed by atoms with van der Waals surface area (Å²) < 4.78 is 1.39. The lowest BCUT2D eigenvalue weighted by Crippen LogP contribution is -2.04. The number of nitrogens with zero attached hydrogens (tertiary/aromatic N) is 3. The van der Waals surface area contributed by atoms with Gasteiger partial charge in [0.25, 0.3) is 0 Å². The first kappa shape index (κ1) is 17.0. The maximum Gasteiger partial charge on any atom is 0.191 e. The molecule has 1 aliphatic rings. The molecule has 0 radical (unpaired) electrons. The van der Waals surface area contributed by atoms with E-state index in [0.717, 1.165) is 23.0 Å². The number of halogens is 2. The molecule has 1 aliphatic carbocycles. The third-order valence-corrected chi connectivity index (χ3v) is 6.76. The SMILES string of the molecule is Cn1c(SC(c2ccccc2)C2CC2(Cl)Cl)nnc1-c1ccccc1. The van der Waals surface area contributed by atoms with E-state index in [1.54, 1.807) is 11.8 Å². The Balaban J connectivity index is 1.64. The van der Waals surface area contributed by atoms with E-state index in [2.05, 4.69) is 22.3 Å². The van der Waals surface area contributed by atoms with E-state index < -0.39 is 4.33 Å². The fourth-order valence-electron chi connectivity index (χ4n) is 2.96. The third kappa shape index (κ3) is 3.43. The van der Waals surface area contributed by atoms with Gasteiger partial charge in [0.15, 0.2) is 11.0 Å². The average molecular weight is 390 g/mol. The number of aromatic nitrogens is 3. The second-order valence-corrected chi connectivity index (χ2v) is 8.90. The van der Waals surface area contributed by atoms with E-state index in [-0.39, 0.29) is 11.2 Å². The summed E-state index contributed by atoms with van der Waals surface area (Å²) in [5, 5.41) is 9.80. The first-order valence-corrected chi connectivity index (χ1v) is 9.74. The second-order valence-electron chi connectivity index (χ2n) is 6.25.